The van der Waals surface area contributed by atoms with Gasteiger partial charge in [-0.1, -0.05) is 30.3 Å². The minimum Gasteiger partial charge on any atom is -0.497 e. The molecule has 0 atom stereocenters. The lowest BCUT2D eigenvalue weighted by Crippen LogP contribution is -2.08. The number of ether oxygens (including phenoxy) is 1. The van der Waals surface area contributed by atoms with E-state index >= 15 is 0 Å². The number of hydrogen-bond acceptors (Lipinski definition) is 7. The molecule has 0 saturated carbocycles. The van der Waals surface area contributed by atoms with Gasteiger partial charge >= 0.3 is 0 Å². The molecule has 2 aromatic heterocycles. The molecule has 0 saturated heterocycles. The summed E-state index contributed by atoms with van der Waals surface area (Å²) < 4.78 is 5.19. The highest BCUT2D eigenvalue weighted by Gasteiger charge is 2.10. The van der Waals surface area contributed by atoms with Crippen LogP contribution in [-0.2, 0) is 6.54 Å². The lowest BCUT2D eigenvalue weighted by molar-refractivity contribution is 0.414. The average molecular weight is 386 g/mol. The SMILES string of the molecule is COc1ccc(CNc2ncnc(Nc3cccc4ccc(C)nc34)c2N)cc1. The fraction of sp³-hybridized carbons (Fsp3) is 0.136. The molecular formula is C22H22N6O. The third-order valence-corrected chi connectivity index (χ3v) is 4.62. The Hall–Kier alpha value is -3.87. The van der Waals surface area contributed by atoms with Crippen LogP contribution in [0.15, 0.2) is 60.9 Å². The van der Waals surface area contributed by atoms with Crippen LogP contribution < -0.4 is 21.1 Å². The third-order valence-electron chi connectivity index (χ3n) is 4.62. The quantitative estimate of drug-likeness (QED) is 0.455. The van der Waals surface area contributed by atoms with E-state index in [0.29, 0.717) is 23.9 Å². The van der Waals surface area contributed by atoms with Crippen molar-refractivity contribution in [2.75, 3.05) is 23.5 Å². The summed E-state index contributed by atoms with van der Waals surface area (Å²) in [7, 11) is 1.65. The summed E-state index contributed by atoms with van der Waals surface area (Å²) in [5, 5.41) is 7.61. The van der Waals surface area contributed by atoms with Gasteiger partial charge in [0.05, 0.1) is 18.3 Å². The van der Waals surface area contributed by atoms with Crippen molar-refractivity contribution in [1.82, 2.24) is 15.0 Å². The number of nitrogens with two attached hydrogens (primary N) is 1. The van der Waals surface area contributed by atoms with Gasteiger partial charge < -0.3 is 21.1 Å². The van der Waals surface area contributed by atoms with Crippen LogP contribution in [0, 0.1) is 6.92 Å². The maximum absolute atomic E-state index is 6.32. The zero-order chi connectivity index (χ0) is 20.2. The Morgan fingerprint density at radius 1 is 0.966 bits per heavy atom. The van der Waals surface area contributed by atoms with E-state index in [9.17, 15) is 0 Å². The summed E-state index contributed by atoms with van der Waals surface area (Å²) >= 11 is 0. The predicted molar refractivity (Wildman–Crippen MR) is 117 cm³/mol. The zero-order valence-electron chi connectivity index (χ0n) is 16.3. The first kappa shape index (κ1) is 18.5. The van der Waals surface area contributed by atoms with Crippen molar-refractivity contribution in [3.05, 3.63) is 72.2 Å². The fourth-order valence-corrected chi connectivity index (χ4v) is 3.04. The molecular weight excluding hydrogens is 364 g/mol. The molecule has 0 aliphatic carbocycles. The normalized spacial score (nSPS) is 10.7. The number of nitrogen functional groups attached to an aromatic ring is 1. The highest BCUT2D eigenvalue weighted by Crippen LogP contribution is 2.29. The van der Waals surface area contributed by atoms with Gasteiger partial charge in [-0.2, -0.15) is 0 Å². The standard InChI is InChI=1S/C22H22N6O/c1-14-6-9-16-4-3-5-18(20(16)27-14)28-22-19(23)21(25-13-26-22)24-12-15-7-10-17(29-2)11-8-15/h3-11,13H,12,23H2,1-2H3,(H2,24,25,26,28). The second kappa shape index (κ2) is 8.02. The van der Waals surface area contributed by atoms with Crippen LogP contribution in [0.1, 0.15) is 11.3 Å². The van der Waals surface area contributed by atoms with Gasteiger partial charge in [0, 0.05) is 17.6 Å². The molecule has 4 aromatic rings. The summed E-state index contributed by atoms with van der Waals surface area (Å²) in [4.78, 5) is 13.2. The van der Waals surface area contributed by atoms with Crippen LogP contribution in [-0.4, -0.2) is 22.1 Å². The van der Waals surface area contributed by atoms with Crippen molar-refractivity contribution in [1.29, 1.82) is 0 Å². The van der Waals surface area contributed by atoms with E-state index in [1.807, 2.05) is 61.5 Å². The topological polar surface area (TPSA) is 98.0 Å². The van der Waals surface area contributed by atoms with Gasteiger partial charge in [-0.25, -0.2) is 9.97 Å². The molecule has 0 amide bonds. The van der Waals surface area contributed by atoms with E-state index in [-0.39, 0.29) is 0 Å². The number of para-hydroxylation sites is 1. The van der Waals surface area contributed by atoms with Crippen LogP contribution >= 0.6 is 0 Å². The summed E-state index contributed by atoms with van der Waals surface area (Å²) in [6.07, 6.45) is 1.48. The molecule has 0 fully saturated rings. The molecule has 2 heterocycles. The second-order valence-corrected chi connectivity index (χ2v) is 6.64. The van der Waals surface area contributed by atoms with Gasteiger partial charge in [0.25, 0.3) is 0 Å². The van der Waals surface area contributed by atoms with Gasteiger partial charge in [-0.15, -0.1) is 0 Å². The Labute approximate surface area is 169 Å². The summed E-state index contributed by atoms with van der Waals surface area (Å²) in [6.45, 7) is 2.55. The molecule has 0 spiro atoms. The number of nitrogens with one attached hydrogen (secondary N) is 2. The Bertz CT molecular complexity index is 1140. The van der Waals surface area contributed by atoms with Crippen molar-refractivity contribution in [2.45, 2.75) is 13.5 Å². The Balaban J connectivity index is 1.56. The van der Waals surface area contributed by atoms with E-state index in [1.54, 1.807) is 7.11 Å². The molecule has 0 radical (unpaired) electrons. The number of benzene rings is 2. The van der Waals surface area contributed by atoms with Gasteiger partial charge in [0.15, 0.2) is 11.6 Å². The predicted octanol–water partition coefficient (Wildman–Crippen LogP) is 4.28. The molecule has 0 aliphatic rings. The van der Waals surface area contributed by atoms with Crippen LogP contribution in [0.2, 0.25) is 0 Å². The second-order valence-electron chi connectivity index (χ2n) is 6.64. The number of anilines is 4. The molecule has 7 heteroatoms. The number of pyridine rings is 1. The van der Waals surface area contributed by atoms with Gasteiger partial charge in [0.2, 0.25) is 0 Å². The van der Waals surface area contributed by atoms with Crippen molar-refractivity contribution in [3.8, 4) is 5.75 Å². The molecule has 7 nitrogen and oxygen atoms in total. The minimum atomic E-state index is 0.450. The van der Waals surface area contributed by atoms with E-state index in [4.69, 9.17) is 10.5 Å². The lowest BCUT2D eigenvalue weighted by atomic mass is 10.1. The maximum Gasteiger partial charge on any atom is 0.159 e. The Kier molecular flexibility index (Phi) is 5.11. The summed E-state index contributed by atoms with van der Waals surface area (Å²) in [6, 6.07) is 17.8. The number of hydrogen-bond donors (Lipinski definition) is 3. The maximum atomic E-state index is 6.32. The Morgan fingerprint density at radius 2 is 1.76 bits per heavy atom. The molecule has 0 aliphatic heterocycles. The number of nitrogens with zero attached hydrogens (tertiary/aromatic N) is 3. The number of rotatable bonds is 6. The highest BCUT2D eigenvalue weighted by atomic mass is 16.5. The number of aromatic nitrogens is 3. The minimum absolute atomic E-state index is 0.450. The average Bonchev–Trinajstić information content (AvgIpc) is 2.75. The zero-order valence-corrected chi connectivity index (χ0v) is 16.3. The molecule has 4 N–H and O–H groups in total. The molecule has 4 rings (SSSR count). The van der Waals surface area contributed by atoms with E-state index in [2.05, 4.69) is 25.6 Å². The number of methoxy groups -OCH3 is 1. The van der Waals surface area contributed by atoms with Crippen molar-refractivity contribution < 1.29 is 4.74 Å². The van der Waals surface area contributed by atoms with Gasteiger partial charge in [-0.3, -0.25) is 4.98 Å². The van der Waals surface area contributed by atoms with Crippen molar-refractivity contribution in [3.63, 3.8) is 0 Å². The highest BCUT2D eigenvalue weighted by molar-refractivity contribution is 5.93. The molecule has 0 unspecified atom stereocenters. The van der Waals surface area contributed by atoms with Crippen molar-refractivity contribution in [2.24, 2.45) is 0 Å². The largest absolute Gasteiger partial charge is 0.497 e. The van der Waals surface area contributed by atoms with Crippen LogP contribution in [0.3, 0.4) is 0 Å². The van der Waals surface area contributed by atoms with E-state index in [1.165, 1.54) is 6.33 Å². The Morgan fingerprint density at radius 3 is 2.55 bits per heavy atom. The van der Waals surface area contributed by atoms with Gasteiger partial charge in [-0.05, 0) is 36.8 Å². The molecule has 146 valence electrons. The lowest BCUT2D eigenvalue weighted by Gasteiger charge is -2.14. The first-order valence-corrected chi connectivity index (χ1v) is 9.25. The molecule has 2 aromatic carbocycles. The summed E-state index contributed by atoms with van der Waals surface area (Å²) in [5.41, 5.74) is 10.5. The third kappa shape index (κ3) is 4.03. The first-order chi connectivity index (χ1) is 14.1. The van der Waals surface area contributed by atoms with Crippen LogP contribution in [0.4, 0.5) is 23.0 Å². The van der Waals surface area contributed by atoms with Crippen molar-refractivity contribution >= 4 is 33.9 Å². The van der Waals surface area contributed by atoms with E-state index < -0.39 is 0 Å². The monoisotopic (exact) mass is 386 g/mol. The molecule has 29 heavy (non-hydrogen) atoms. The summed E-state index contributed by atoms with van der Waals surface area (Å²) in [5.74, 6) is 1.93. The fourth-order valence-electron chi connectivity index (χ4n) is 3.04. The molecule has 0 bridgehead atoms. The van der Waals surface area contributed by atoms with Gasteiger partial charge in [0.1, 0.15) is 17.8 Å². The van der Waals surface area contributed by atoms with Crippen LogP contribution in [0.25, 0.3) is 10.9 Å². The number of aryl methyl sites for hydroxylation is 1. The van der Waals surface area contributed by atoms with E-state index in [0.717, 1.165) is 33.6 Å². The smallest absolute Gasteiger partial charge is 0.159 e. The number of fused-ring (bicyclic) bond motifs is 1. The first-order valence-electron chi connectivity index (χ1n) is 9.25. The van der Waals surface area contributed by atoms with Crippen LogP contribution in [0.5, 0.6) is 5.75 Å².